The van der Waals surface area contributed by atoms with Gasteiger partial charge < -0.3 is 4.79 Å². The zero-order valence-electron chi connectivity index (χ0n) is 6.74. The van der Waals surface area contributed by atoms with Crippen molar-refractivity contribution in [2.24, 2.45) is 5.92 Å². The van der Waals surface area contributed by atoms with Crippen LogP contribution in [0.4, 0.5) is 0 Å². The third kappa shape index (κ3) is 2.71. The van der Waals surface area contributed by atoms with Crippen LogP contribution in [0.25, 0.3) is 0 Å². The second-order valence-electron chi connectivity index (χ2n) is 2.59. The Morgan fingerprint density at radius 3 is 2.30 bits per heavy atom. The van der Waals surface area contributed by atoms with Crippen LogP contribution in [0.2, 0.25) is 0 Å². The van der Waals surface area contributed by atoms with Crippen LogP contribution in [-0.2, 0) is 4.79 Å². The maximum Gasteiger partial charge on any atom is 0.138 e. The molecular formula is C7H15NOS. The van der Waals surface area contributed by atoms with E-state index in [-0.39, 0.29) is 6.04 Å². The Kier molecular flexibility index (Phi) is 4.73. The lowest BCUT2D eigenvalue weighted by molar-refractivity contribution is -0.111. The van der Waals surface area contributed by atoms with Gasteiger partial charge in [0.2, 0.25) is 0 Å². The first-order valence-electron chi connectivity index (χ1n) is 3.50. The largest absolute Gasteiger partial charge is 0.302 e. The molecule has 0 fully saturated rings. The van der Waals surface area contributed by atoms with Crippen molar-refractivity contribution in [1.82, 2.24) is 4.31 Å². The molecule has 3 heteroatoms. The number of likely N-dealkylation sites (N-methyl/N-ethyl adjacent to an activating group) is 1. The molecule has 0 aliphatic heterocycles. The third-order valence-electron chi connectivity index (χ3n) is 1.80. The van der Waals surface area contributed by atoms with Crippen LogP contribution in [0.5, 0.6) is 0 Å². The second-order valence-corrected chi connectivity index (χ2v) is 3.22. The van der Waals surface area contributed by atoms with E-state index >= 15 is 0 Å². The molecule has 0 saturated carbocycles. The zero-order chi connectivity index (χ0) is 8.15. The van der Waals surface area contributed by atoms with E-state index in [1.165, 1.54) is 0 Å². The molecule has 0 amide bonds. The van der Waals surface area contributed by atoms with Crippen molar-refractivity contribution in [3.63, 3.8) is 0 Å². The van der Waals surface area contributed by atoms with Crippen LogP contribution in [0.1, 0.15) is 20.3 Å². The van der Waals surface area contributed by atoms with E-state index in [9.17, 15) is 4.79 Å². The number of thiol groups is 1. The summed E-state index contributed by atoms with van der Waals surface area (Å²) in [7, 11) is 1.80. The van der Waals surface area contributed by atoms with E-state index in [0.29, 0.717) is 5.92 Å². The van der Waals surface area contributed by atoms with Crippen molar-refractivity contribution >= 4 is 19.1 Å². The van der Waals surface area contributed by atoms with Crippen LogP contribution in [0.3, 0.4) is 0 Å². The minimum absolute atomic E-state index is 0.0478. The van der Waals surface area contributed by atoms with E-state index in [1.807, 2.05) is 6.92 Å². The monoisotopic (exact) mass is 161 g/mol. The molecule has 0 aromatic heterocycles. The predicted molar refractivity (Wildman–Crippen MR) is 46.1 cm³/mol. The number of aldehydes is 1. The second kappa shape index (κ2) is 4.74. The molecule has 0 aliphatic rings. The van der Waals surface area contributed by atoms with E-state index in [0.717, 1.165) is 12.7 Å². The lowest BCUT2D eigenvalue weighted by atomic mass is 10.0. The van der Waals surface area contributed by atoms with Gasteiger partial charge in [-0.3, -0.25) is 0 Å². The molecule has 0 N–H and O–H groups in total. The minimum atomic E-state index is -0.0478. The van der Waals surface area contributed by atoms with Gasteiger partial charge in [-0.2, -0.15) is 0 Å². The standard InChI is InChI=1S/C7H15NOS/c1-4-6(2)7(5-9)8(3)10/h5-7,10H,4H2,1-3H3. The smallest absolute Gasteiger partial charge is 0.138 e. The molecule has 0 spiro atoms. The summed E-state index contributed by atoms with van der Waals surface area (Å²) in [5.41, 5.74) is 0. The number of carbonyl (C=O) groups is 1. The Hall–Kier alpha value is -0.0200. The van der Waals surface area contributed by atoms with E-state index < -0.39 is 0 Å². The van der Waals surface area contributed by atoms with Crippen molar-refractivity contribution in [3.05, 3.63) is 0 Å². The summed E-state index contributed by atoms with van der Waals surface area (Å²) >= 11 is 4.07. The first kappa shape index (κ1) is 9.98. The van der Waals surface area contributed by atoms with Crippen LogP contribution in [-0.4, -0.2) is 23.7 Å². The molecule has 0 bridgehead atoms. The highest BCUT2D eigenvalue weighted by atomic mass is 32.1. The minimum Gasteiger partial charge on any atom is -0.302 e. The van der Waals surface area contributed by atoms with Crippen molar-refractivity contribution in [2.45, 2.75) is 26.3 Å². The lowest BCUT2D eigenvalue weighted by Crippen LogP contribution is -2.31. The molecule has 60 valence electrons. The molecule has 2 unspecified atom stereocenters. The summed E-state index contributed by atoms with van der Waals surface area (Å²) in [5, 5.41) is 0. The van der Waals surface area contributed by atoms with Gasteiger partial charge in [0.15, 0.2) is 0 Å². The first-order chi connectivity index (χ1) is 4.63. The molecule has 2 nitrogen and oxygen atoms in total. The van der Waals surface area contributed by atoms with Crippen LogP contribution < -0.4 is 0 Å². The highest BCUT2D eigenvalue weighted by Crippen LogP contribution is 2.12. The van der Waals surface area contributed by atoms with E-state index in [2.05, 4.69) is 19.7 Å². The van der Waals surface area contributed by atoms with Gasteiger partial charge in [-0.1, -0.05) is 33.1 Å². The Bertz CT molecular complexity index is 106. The maximum atomic E-state index is 10.5. The molecule has 0 aromatic carbocycles. The average molecular weight is 161 g/mol. The fraction of sp³-hybridized carbons (Fsp3) is 0.857. The van der Waals surface area contributed by atoms with Gasteiger partial charge in [-0.25, -0.2) is 4.31 Å². The summed E-state index contributed by atoms with van der Waals surface area (Å²) in [6.07, 6.45) is 1.95. The Morgan fingerprint density at radius 2 is 2.20 bits per heavy atom. The normalized spacial score (nSPS) is 16.9. The molecule has 0 aliphatic carbocycles. The molecule has 10 heavy (non-hydrogen) atoms. The average Bonchev–Trinajstić information content (AvgIpc) is 1.88. The maximum absolute atomic E-state index is 10.5. The quantitative estimate of drug-likeness (QED) is 0.496. The number of hydrogen-bond donors (Lipinski definition) is 1. The Morgan fingerprint density at radius 1 is 1.70 bits per heavy atom. The van der Waals surface area contributed by atoms with E-state index in [4.69, 9.17) is 0 Å². The zero-order valence-corrected chi connectivity index (χ0v) is 7.64. The highest BCUT2D eigenvalue weighted by Gasteiger charge is 2.16. The summed E-state index contributed by atoms with van der Waals surface area (Å²) in [5.74, 6) is 0.389. The number of carbonyl (C=O) groups excluding carboxylic acids is 1. The number of nitrogens with zero attached hydrogens (tertiary/aromatic N) is 1. The fourth-order valence-corrected chi connectivity index (χ4v) is 1.11. The summed E-state index contributed by atoms with van der Waals surface area (Å²) in [6, 6.07) is -0.0478. The Balaban J connectivity index is 3.92. The number of hydrogen-bond acceptors (Lipinski definition) is 3. The van der Waals surface area contributed by atoms with Gasteiger partial charge in [0.1, 0.15) is 6.29 Å². The fourth-order valence-electron chi connectivity index (χ4n) is 0.832. The highest BCUT2D eigenvalue weighted by molar-refractivity contribution is 7.77. The summed E-state index contributed by atoms with van der Waals surface area (Å²) < 4.78 is 1.65. The van der Waals surface area contributed by atoms with Gasteiger partial charge in [0.25, 0.3) is 0 Å². The molecular weight excluding hydrogens is 146 g/mol. The molecule has 0 radical (unpaired) electrons. The number of rotatable bonds is 4. The first-order valence-corrected chi connectivity index (χ1v) is 3.90. The molecule has 0 saturated heterocycles. The van der Waals surface area contributed by atoms with Gasteiger partial charge in [0.05, 0.1) is 6.04 Å². The molecule has 0 rings (SSSR count). The SMILES string of the molecule is CCC(C)C(C=O)N(C)S. The van der Waals surface area contributed by atoms with Crippen LogP contribution in [0.15, 0.2) is 0 Å². The topological polar surface area (TPSA) is 20.3 Å². The Labute approximate surface area is 68.1 Å². The van der Waals surface area contributed by atoms with Crippen molar-refractivity contribution < 1.29 is 4.79 Å². The van der Waals surface area contributed by atoms with Crippen molar-refractivity contribution in [1.29, 1.82) is 0 Å². The predicted octanol–water partition coefficient (Wildman–Crippen LogP) is 1.38. The van der Waals surface area contributed by atoms with Crippen molar-refractivity contribution in [2.75, 3.05) is 7.05 Å². The third-order valence-corrected chi connectivity index (χ3v) is 2.06. The van der Waals surface area contributed by atoms with Gasteiger partial charge in [-0.05, 0) is 13.0 Å². The van der Waals surface area contributed by atoms with Crippen LogP contribution in [0, 0.1) is 5.92 Å². The van der Waals surface area contributed by atoms with Gasteiger partial charge >= 0.3 is 0 Å². The summed E-state index contributed by atoms with van der Waals surface area (Å²) in [4.78, 5) is 10.5. The van der Waals surface area contributed by atoms with E-state index in [1.54, 1.807) is 11.4 Å². The van der Waals surface area contributed by atoms with Gasteiger partial charge in [0, 0.05) is 0 Å². The summed E-state index contributed by atoms with van der Waals surface area (Å²) in [6.45, 7) is 4.12. The molecule has 2 atom stereocenters. The van der Waals surface area contributed by atoms with Crippen LogP contribution >= 0.6 is 12.8 Å². The van der Waals surface area contributed by atoms with Gasteiger partial charge in [-0.15, -0.1) is 0 Å². The molecule has 0 heterocycles. The van der Waals surface area contributed by atoms with Crippen molar-refractivity contribution in [3.8, 4) is 0 Å². The lowest BCUT2D eigenvalue weighted by Gasteiger charge is -2.22. The molecule has 0 aromatic rings.